The van der Waals surface area contributed by atoms with Gasteiger partial charge in [0.2, 0.25) is 0 Å². The number of rotatable bonds is 8. The topological polar surface area (TPSA) is 62.8 Å². The van der Waals surface area contributed by atoms with E-state index in [1.54, 1.807) is 0 Å². The van der Waals surface area contributed by atoms with Crippen molar-refractivity contribution in [3.63, 3.8) is 0 Å². The van der Waals surface area contributed by atoms with E-state index in [4.69, 9.17) is 4.74 Å². The van der Waals surface area contributed by atoms with Crippen molar-refractivity contribution in [2.24, 2.45) is 0 Å². The molecule has 0 atom stereocenters. The van der Waals surface area contributed by atoms with Gasteiger partial charge in [0.15, 0.2) is 11.5 Å². The fourth-order valence-corrected chi connectivity index (χ4v) is 2.55. The van der Waals surface area contributed by atoms with Crippen LogP contribution in [-0.4, -0.2) is 63.8 Å². The fraction of sp³-hybridized carbons (Fsp3) is 0.562. The van der Waals surface area contributed by atoms with E-state index >= 15 is 0 Å². The molecule has 1 aliphatic rings. The van der Waals surface area contributed by atoms with Crippen LogP contribution in [0, 0.1) is 0 Å². The number of carbonyl (C=O) groups excluding carboxylic acids is 1. The molecule has 1 saturated heterocycles. The maximum absolute atomic E-state index is 12.4. The number of nitrogens with zero attached hydrogens (tertiary/aromatic N) is 1. The molecule has 0 aliphatic carbocycles. The second kappa shape index (κ2) is 9.39. The molecule has 0 unspecified atom stereocenters. The molecule has 2 N–H and O–H groups in total. The second-order valence-electron chi connectivity index (χ2n) is 5.45. The predicted molar refractivity (Wildman–Crippen MR) is 85.9 cm³/mol. The zero-order valence-electron chi connectivity index (χ0n) is 13.7. The van der Waals surface area contributed by atoms with Crippen LogP contribution in [0.5, 0.6) is 11.5 Å². The number of amides is 1. The lowest BCUT2D eigenvalue weighted by Crippen LogP contribution is -2.44. The average Bonchev–Trinajstić information content (AvgIpc) is 2.59. The molecule has 0 aromatic heterocycles. The highest BCUT2D eigenvalue weighted by atomic mass is 19.3. The van der Waals surface area contributed by atoms with E-state index in [9.17, 15) is 13.6 Å². The van der Waals surface area contributed by atoms with Gasteiger partial charge in [-0.25, -0.2) is 0 Å². The Bertz CT molecular complexity index is 537. The molecule has 0 saturated carbocycles. The Labute approximate surface area is 140 Å². The van der Waals surface area contributed by atoms with Crippen molar-refractivity contribution >= 4 is 5.91 Å². The molecule has 1 aromatic rings. The molecule has 2 rings (SSSR count). The van der Waals surface area contributed by atoms with E-state index in [1.807, 2.05) is 0 Å². The molecule has 1 fully saturated rings. The van der Waals surface area contributed by atoms with Crippen LogP contribution in [-0.2, 0) is 0 Å². The Kier molecular flexibility index (Phi) is 7.20. The number of alkyl halides is 2. The van der Waals surface area contributed by atoms with Gasteiger partial charge in [-0.2, -0.15) is 8.78 Å². The lowest BCUT2D eigenvalue weighted by Gasteiger charge is -2.27. The highest BCUT2D eigenvalue weighted by Gasteiger charge is 2.14. The van der Waals surface area contributed by atoms with Crippen LogP contribution in [0.15, 0.2) is 18.2 Å². The number of methoxy groups -OCH3 is 1. The molecule has 1 heterocycles. The summed E-state index contributed by atoms with van der Waals surface area (Å²) in [6.07, 6.45) is 0.836. The Balaban J connectivity index is 1.82. The highest BCUT2D eigenvalue weighted by molar-refractivity contribution is 5.94. The minimum Gasteiger partial charge on any atom is -0.493 e. The summed E-state index contributed by atoms with van der Waals surface area (Å²) in [5.41, 5.74) is 0.258. The van der Waals surface area contributed by atoms with Crippen molar-refractivity contribution in [2.45, 2.75) is 13.0 Å². The number of carbonyl (C=O) groups is 1. The first-order chi connectivity index (χ1) is 11.6. The molecule has 1 aliphatic heterocycles. The molecule has 1 aromatic carbocycles. The monoisotopic (exact) mass is 343 g/mol. The number of halogens is 2. The first-order valence-electron chi connectivity index (χ1n) is 7.94. The summed E-state index contributed by atoms with van der Waals surface area (Å²) in [5.74, 6) is -0.316. The molecule has 0 radical (unpaired) electrons. The average molecular weight is 343 g/mol. The third-order valence-electron chi connectivity index (χ3n) is 3.79. The summed E-state index contributed by atoms with van der Waals surface area (Å²) in [6.45, 7) is 2.48. The first-order valence-corrected chi connectivity index (χ1v) is 7.94. The molecule has 6 nitrogen and oxygen atoms in total. The number of piperazine rings is 1. The standard InChI is InChI=1S/C16H23F2N3O3/c1-23-13-4-3-12(11-14(13)24-16(17)18)15(22)20-5-2-8-21-9-6-19-7-10-21/h3-4,11,16,19H,2,5-10H2,1H3,(H,20,22). The number of nitrogens with one attached hydrogen (secondary N) is 2. The third-order valence-corrected chi connectivity index (χ3v) is 3.79. The van der Waals surface area contributed by atoms with Crippen molar-refractivity contribution in [2.75, 3.05) is 46.4 Å². The molecule has 0 spiro atoms. The molecule has 8 heteroatoms. The van der Waals surface area contributed by atoms with E-state index in [0.29, 0.717) is 6.54 Å². The van der Waals surface area contributed by atoms with Crippen LogP contribution < -0.4 is 20.1 Å². The first kappa shape index (κ1) is 18.4. The Hall–Kier alpha value is -1.93. The van der Waals surface area contributed by atoms with Crippen LogP contribution in [0.25, 0.3) is 0 Å². The Morgan fingerprint density at radius 1 is 1.33 bits per heavy atom. The molecule has 24 heavy (non-hydrogen) atoms. The Morgan fingerprint density at radius 3 is 2.75 bits per heavy atom. The second-order valence-corrected chi connectivity index (χ2v) is 5.45. The molecule has 0 bridgehead atoms. The van der Waals surface area contributed by atoms with E-state index in [2.05, 4.69) is 20.3 Å². The quantitative estimate of drug-likeness (QED) is 0.697. The van der Waals surface area contributed by atoms with Gasteiger partial charge in [0.05, 0.1) is 7.11 Å². The van der Waals surface area contributed by atoms with Gasteiger partial charge in [0, 0.05) is 38.3 Å². The highest BCUT2D eigenvalue weighted by Crippen LogP contribution is 2.29. The predicted octanol–water partition coefficient (Wildman–Crippen LogP) is 1.32. The largest absolute Gasteiger partial charge is 0.493 e. The summed E-state index contributed by atoms with van der Waals surface area (Å²) in [7, 11) is 1.35. The van der Waals surface area contributed by atoms with Gasteiger partial charge in [0.1, 0.15) is 0 Å². The van der Waals surface area contributed by atoms with Gasteiger partial charge >= 0.3 is 6.61 Å². The van der Waals surface area contributed by atoms with Crippen LogP contribution >= 0.6 is 0 Å². The smallest absolute Gasteiger partial charge is 0.387 e. The maximum Gasteiger partial charge on any atom is 0.387 e. The third kappa shape index (κ3) is 5.61. The van der Waals surface area contributed by atoms with Gasteiger partial charge in [-0.3, -0.25) is 4.79 Å². The molecular weight excluding hydrogens is 320 g/mol. The van der Waals surface area contributed by atoms with Gasteiger partial charge in [-0.05, 0) is 31.2 Å². The minimum absolute atomic E-state index is 0.152. The van der Waals surface area contributed by atoms with Crippen LogP contribution in [0.1, 0.15) is 16.8 Å². The molecule has 134 valence electrons. The molecular formula is C16H23F2N3O3. The number of benzene rings is 1. The molecule has 1 amide bonds. The fourth-order valence-electron chi connectivity index (χ4n) is 2.55. The lowest BCUT2D eigenvalue weighted by molar-refractivity contribution is -0.0512. The van der Waals surface area contributed by atoms with E-state index in [1.165, 1.54) is 25.3 Å². The van der Waals surface area contributed by atoms with Gasteiger partial charge in [0.25, 0.3) is 5.91 Å². The van der Waals surface area contributed by atoms with Crippen molar-refractivity contribution in [1.29, 1.82) is 0 Å². The summed E-state index contributed by atoms with van der Waals surface area (Å²) >= 11 is 0. The van der Waals surface area contributed by atoms with Gasteiger partial charge in [-0.1, -0.05) is 0 Å². The van der Waals surface area contributed by atoms with Crippen molar-refractivity contribution in [3.8, 4) is 11.5 Å². The summed E-state index contributed by atoms with van der Waals surface area (Å²) in [6, 6.07) is 4.22. The number of ether oxygens (including phenoxy) is 2. The van der Waals surface area contributed by atoms with Gasteiger partial charge < -0.3 is 25.0 Å². The van der Waals surface area contributed by atoms with Crippen molar-refractivity contribution in [1.82, 2.24) is 15.5 Å². The van der Waals surface area contributed by atoms with E-state index in [-0.39, 0.29) is 23.0 Å². The van der Waals surface area contributed by atoms with E-state index in [0.717, 1.165) is 39.1 Å². The number of hydrogen-bond acceptors (Lipinski definition) is 5. The zero-order chi connectivity index (χ0) is 17.4. The normalized spacial score (nSPS) is 15.3. The van der Waals surface area contributed by atoms with Crippen molar-refractivity contribution in [3.05, 3.63) is 23.8 Å². The summed E-state index contributed by atoms with van der Waals surface area (Å²) < 4.78 is 34.1. The van der Waals surface area contributed by atoms with E-state index < -0.39 is 6.61 Å². The summed E-state index contributed by atoms with van der Waals surface area (Å²) in [5, 5.41) is 6.08. The maximum atomic E-state index is 12.4. The summed E-state index contributed by atoms with van der Waals surface area (Å²) in [4.78, 5) is 14.5. The lowest BCUT2D eigenvalue weighted by atomic mass is 10.2. The van der Waals surface area contributed by atoms with Crippen LogP contribution in [0.3, 0.4) is 0 Å². The Morgan fingerprint density at radius 2 is 2.08 bits per heavy atom. The minimum atomic E-state index is -2.98. The van der Waals surface area contributed by atoms with Crippen molar-refractivity contribution < 1.29 is 23.0 Å². The SMILES string of the molecule is COc1ccc(C(=O)NCCCN2CCNCC2)cc1OC(F)F. The van der Waals surface area contributed by atoms with Crippen LogP contribution in [0.4, 0.5) is 8.78 Å². The van der Waals surface area contributed by atoms with Crippen LogP contribution in [0.2, 0.25) is 0 Å². The zero-order valence-corrected chi connectivity index (χ0v) is 13.7. The number of hydrogen-bond donors (Lipinski definition) is 2. The van der Waals surface area contributed by atoms with Gasteiger partial charge in [-0.15, -0.1) is 0 Å².